The predicted molar refractivity (Wildman–Crippen MR) is 150 cm³/mol. The number of sulfone groups is 1. The highest BCUT2D eigenvalue weighted by Gasteiger charge is 2.21. The Balaban J connectivity index is 1.43. The Morgan fingerprint density at radius 3 is 2.69 bits per heavy atom. The van der Waals surface area contributed by atoms with Gasteiger partial charge < -0.3 is 14.8 Å². The van der Waals surface area contributed by atoms with Gasteiger partial charge in [-0.25, -0.2) is 13.2 Å². The number of carbonyl (C=O) groups excluding carboxylic acids is 1. The van der Waals surface area contributed by atoms with Gasteiger partial charge in [-0.3, -0.25) is 0 Å². The van der Waals surface area contributed by atoms with Crippen molar-refractivity contribution in [3.63, 3.8) is 0 Å². The zero-order chi connectivity index (χ0) is 26.3. The molecule has 3 aromatic rings. The Labute approximate surface area is 226 Å². The number of nitrogens with one attached hydrogen (secondary N) is 1. The third-order valence-electron chi connectivity index (χ3n) is 5.47. The van der Waals surface area contributed by atoms with Crippen LogP contribution in [0.25, 0.3) is 10.1 Å². The largest absolute Gasteiger partial charge is 0.482 e. The maximum Gasteiger partial charge on any atom is 0.344 e. The fourth-order valence-electron chi connectivity index (χ4n) is 3.72. The van der Waals surface area contributed by atoms with E-state index in [4.69, 9.17) is 21.1 Å². The molecule has 36 heavy (non-hydrogen) atoms. The van der Waals surface area contributed by atoms with Crippen LogP contribution in [0, 0.1) is 13.8 Å². The number of thiophene rings is 1. The van der Waals surface area contributed by atoms with Gasteiger partial charge in [-0.1, -0.05) is 18.5 Å². The maximum atomic E-state index is 12.9. The Hall–Kier alpha value is -1.78. The lowest BCUT2D eigenvalue weighted by atomic mass is 10.2. The average Bonchev–Trinajstić information content (AvgIpc) is 3.15. The second-order valence-corrected chi connectivity index (χ2v) is 13.8. The molecule has 0 aliphatic rings. The topological polar surface area (TPSA) is 81.7 Å². The van der Waals surface area contributed by atoms with Crippen LogP contribution in [0.3, 0.4) is 0 Å². The van der Waals surface area contributed by atoms with Crippen molar-refractivity contribution in [1.29, 1.82) is 0 Å². The molecule has 0 saturated carbocycles. The lowest BCUT2D eigenvalue weighted by Crippen LogP contribution is -2.25. The number of fused-ring (bicyclic) bond motifs is 1. The summed E-state index contributed by atoms with van der Waals surface area (Å²) in [4.78, 5) is 12.6. The maximum absolute atomic E-state index is 12.9. The van der Waals surface area contributed by atoms with Crippen LogP contribution in [0.2, 0.25) is 5.02 Å². The second-order valence-electron chi connectivity index (χ2n) is 8.48. The van der Waals surface area contributed by atoms with Crippen molar-refractivity contribution in [2.75, 3.05) is 32.1 Å². The van der Waals surface area contributed by atoms with Crippen LogP contribution in [0.1, 0.15) is 31.4 Å². The van der Waals surface area contributed by atoms with Gasteiger partial charge >= 0.3 is 5.97 Å². The van der Waals surface area contributed by atoms with E-state index in [9.17, 15) is 13.2 Å². The fraction of sp³-hybridized carbons (Fsp3) is 0.423. The molecule has 1 aromatic heterocycles. The number of rotatable bonds is 13. The molecule has 0 amide bonds. The first-order chi connectivity index (χ1) is 17.1. The number of hydrogen-bond acceptors (Lipinski definition) is 8. The molecule has 0 spiro atoms. The highest BCUT2D eigenvalue weighted by Crippen LogP contribution is 2.36. The molecule has 6 nitrogen and oxygen atoms in total. The zero-order valence-electron chi connectivity index (χ0n) is 20.9. The average molecular weight is 570 g/mol. The standard InChI is InChI=1S/C26H32ClNO5S3/c1-5-32-25(29)16-33-23-9-8-21(13-17(23)2)34-18(3)15-28-11-6-12-36(30,31)26-19(4)22-14-20(27)7-10-24(22)35-26/h7-10,13-14,18,28H,5-6,11-12,15-16H2,1-4H3. The van der Waals surface area contributed by atoms with Crippen LogP contribution in [-0.4, -0.2) is 51.7 Å². The van der Waals surface area contributed by atoms with E-state index >= 15 is 0 Å². The smallest absolute Gasteiger partial charge is 0.344 e. The van der Waals surface area contributed by atoms with Crippen molar-refractivity contribution in [3.05, 3.63) is 52.5 Å². The molecule has 196 valence electrons. The number of hydrogen-bond donors (Lipinski definition) is 1. The van der Waals surface area contributed by atoms with E-state index in [1.807, 2.05) is 44.2 Å². The van der Waals surface area contributed by atoms with E-state index in [0.717, 1.165) is 32.7 Å². The highest BCUT2D eigenvalue weighted by atomic mass is 35.5. The van der Waals surface area contributed by atoms with Crippen LogP contribution >= 0.6 is 34.7 Å². The van der Waals surface area contributed by atoms with Gasteiger partial charge in [-0.2, -0.15) is 0 Å². The van der Waals surface area contributed by atoms with Crippen molar-refractivity contribution in [1.82, 2.24) is 5.32 Å². The number of halogens is 1. The molecule has 0 bridgehead atoms. The Morgan fingerprint density at radius 1 is 1.19 bits per heavy atom. The molecule has 1 heterocycles. The first-order valence-corrected chi connectivity index (χ1v) is 15.5. The molecule has 0 saturated heterocycles. The van der Waals surface area contributed by atoms with E-state index < -0.39 is 9.84 Å². The van der Waals surface area contributed by atoms with Crippen LogP contribution in [0.4, 0.5) is 0 Å². The third-order valence-corrected chi connectivity index (χ3v) is 10.6. The normalized spacial score (nSPS) is 12.6. The number of esters is 1. The van der Waals surface area contributed by atoms with E-state index in [1.165, 1.54) is 11.3 Å². The van der Waals surface area contributed by atoms with Crippen LogP contribution < -0.4 is 10.1 Å². The molecule has 0 fully saturated rings. The molecule has 10 heteroatoms. The van der Waals surface area contributed by atoms with E-state index in [-0.39, 0.29) is 18.3 Å². The Kier molecular flexibility index (Phi) is 10.5. The minimum atomic E-state index is -3.35. The summed E-state index contributed by atoms with van der Waals surface area (Å²) in [6.07, 6.45) is 0.541. The minimum absolute atomic E-state index is 0.103. The summed E-state index contributed by atoms with van der Waals surface area (Å²) in [5.41, 5.74) is 1.73. The summed E-state index contributed by atoms with van der Waals surface area (Å²) < 4.78 is 37.7. The van der Waals surface area contributed by atoms with Crippen LogP contribution in [0.5, 0.6) is 5.75 Å². The number of ether oxygens (including phenoxy) is 2. The zero-order valence-corrected chi connectivity index (χ0v) is 24.1. The fourth-order valence-corrected chi connectivity index (χ4v) is 8.19. The second kappa shape index (κ2) is 13.1. The van der Waals surface area contributed by atoms with Crippen molar-refractivity contribution in [3.8, 4) is 5.75 Å². The predicted octanol–water partition coefficient (Wildman–Crippen LogP) is 6.05. The van der Waals surface area contributed by atoms with Gasteiger partial charge in [0, 0.05) is 26.4 Å². The van der Waals surface area contributed by atoms with Crippen LogP contribution in [-0.2, 0) is 19.4 Å². The minimum Gasteiger partial charge on any atom is -0.482 e. The number of thioether (sulfide) groups is 1. The lowest BCUT2D eigenvalue weighted by Gasteiger charge is -2.14. The van der Waals surface area contributed by atoms with Gasteiger partial charge in [-0.05, 0) is 86.6 Å². The van der Waals surface area contributed by atoms with Gasteiger partial charge in [0.2, 0.25) is 0 Å². The molecule has 1 N–H and O–H groups in total. The molecular formula is C26H32ClNO5S3. The molecule has 1 unspecified atom stereocenters. The summed E-state index contributed by atoms with van der Waals surface area (Å²) in [5, 5.41) is 5.18. The molecule has 0 aliphatic heterocycles. The monoisotopic (exact) mass is 569 g/mol. The quantitative estimate of drug-likeness (QED) is 0.152. The van der Waals surface area contributed by atoms with E-state index in [0.29, 0.717) is 39.8 Å². The molecule has 0 aliphatic carbocycles. The van der Waals surface area contributed by atoms with Gasteiger partial charge in [0.05, 0.1) is 12.4 Å². The molecule has 2 aromatic carbocycles. The van der Waals surface area contributed by atoms with Gasteiger partial charge in [-0.15, -0.1) is 23.1 Å². The van der Waals surface area contributed by atoms with Gasteiger partial charge in [0.1, 0.15) is 9.96 Å². The Morgan fingerprint density at radius 2 is 1.97 bits per heavy atom. The first kappa shape index (κ1) is 28.8. The molecular weight excluding hydrogens is 538 g/mol. The number of carbonyl (C=O) groups is 1. The third kappa shape index (κ3) is 7.86. The van der Waals surface area contributed by atoms with Crippen molar-refractivity contribution in [2.45, 2.75) is 48.5 Å². The lowest BCUT2D eigenvalue weighted by molar-refractivity contribution is -0.145. The summed E-state index contributed by atoms with van der Waals surface area (Å²) in [5.74, 6) is 0.387. The molecule has 3 rings (SSSR count). The summed E-state index contributed by atoms with van der Waals surface area (Å²) >= 11 is 9.12. The van der Waals surface area contributed by atoms with Crippen molar-refractivity contribution >= 4 is 60.6 Å². The first-order valence-electron chi connectivity index (χ1n) is 11.8. The van der Waals surface area contributed by atoms with Crippen molar-refractivity contribution < 1.29 is 22.7 Å². The Bertz CT molecular complexity index is 1310. The highest BCUT2D eigenvalue weighted by molar-refractivity contribution is 8.00. The van der Waals surface area contributed by atoms with Gasteiger partial charge in [0.15, 0.2) is 16.4 Å². The SMILES string of the molecule is CCOC(=O)COc1ccc(SC(C)CNCCCS(=O)(=O)c2sc3ccc(Cl)cc3c2C)cc1C. The molecule has 1 atom stereocenters. The van der Waals surface area contributed by atoms with E-state index in [2.05, 4.69) is 12.2 Å². The number of benzene rings is 2. The van der Waals surface area contributed by atoms with Crippen LogP contribution in [0.15, 0.2) is 45.5 Å². The summed E-state index contributed by atoms with van der Waals surface area (Å²) in [6.45, 7) is 9.29. The van der Waals surface area contributed by atoms with Gasteiger partial charge in [0.25, 0.3) is 0 Å². The van der Waals surface area contributed by atoms with E-state index in [1.54, 1.807) is 24.8 Å². The molecule has 0 radical (unpaired) electrons. The summed E-state index contributed by atoms with van der Waals surface area (Å²) in [7, 11) is -3.35. The number of aryl methyl sites for hydroxylation is 2. The van der Waals surface area contributed by atoms with Crippen molar-refractivity contribution in [2.24, 2.45) is 0 Å². The summed E-state index contributed by atoms with van der Waals surface area (Å²) in [6, 6.07) is 11.4.